The number of aliphatic hydroxyl groups excluding tert-OH is 1. The highest BCUT2D eigenvalue weighted by molar-refractivity contribution is 6.30. The molecule has 0 fully saturated rings. The van der Waals surface area contributed by atoms with Gasteiger partial charge in [0.25, 0.3) is 0 Å². The lowest BCUT2D eigenvalue weighted by atomic mass is 10.1. The maximum absolute atomic E-state index is 10.2. The predicted molar refractivity (Wildman–Crippen MR) is 94.4 cm³/mol. The van der Waals surface area contributed by atoms with E-state index in [-0.39, 0.29) is 0 Å². The van der Waals surface area contributed by atoms with Crippen LogP contribution in [0, 0.1) is 6.92 Å². The molecule has 2 aromatic carbocycles. The lowest BCUT2D eigenvalue weighted by Gasteiger charge is -2.10. The topological polar surface area (TPSA) is 34.4 Å². The molecule has 0 aliphatic heterocycles. The molecule has 3 rings (SSSR count). The summed E-state index contributed by atoms with van der Waals surface area (Å²) in [6.45, 7) is 4.58. The summed E-state index contributed by atoms with van der Waals surface area (Å²) in [5, 5.41) is 12.0. The van der Waals surface area contributed by atoms with Crippen molar-refractivity contribution in [3.05, 3.63) is 64.3 Å². The zero-order chi connectivity index (χ0) is 16.6. The molecule has 0 radical (unpaired) electrons. The Hall–Kier alpha value is -1.97. The van der Waals surface area contributed by atoms with Gasteiger partial charge in [0.15, 0.2) is 0 Å². The highest BCUT2D eigenvalue weighted by atomic mass is 35.5. The smallest absolute Gasteiger partial charge is 0.119 e. The number of nitrogens with zero attached hydrogens (tertiary/aromatic N) is 1. The van der Waals surface area contributed by atoms with E-state index in [4.69, 9.17) is 16.3 Å². The third-order valence-corrected chi connectivity index (χ3v) is 4.50. The van der Waals surface area contributed by atoms with Crippen LogP contribution in [-0.2, 0) is 6.54 Å². The number of ether oxygens (including phenoxy) is 1. The summed E-state index contributed by atoms with van der Waals surface area (Å²) < 4.78 is 7.55. The SMILES string of the molecule is COc1ccc2c(c1)c(C(C)O)c(C)n2Cc1ccc(Cl)cc1. The van der Waals surface area contributed by atoms with Gasteiger partial charge in [0.2, 0.25) is 0 Å². The van der Waals surface area contributed by atoms with Crippen LogP contribution in [-0.4, -0.2) is 16.8 Å². The van der Waals surface area contributed by atoms with Crippen molar-refractivity contribution in [1.29, 1.82) is 0 Å². The van der Waals surface area contributed by atoms with Gasteiger partial charge in [0, 0.05) is 33.7 Å². The normalized spacial score (nSPS) is 12.6. The zero-order valence-electron chi connectivity index (χ0n) is 13.5. The van der Waals surface area contributed by atoms with Gasteiger partial charge >= 0.3 is 0 Å². The zero-order valence-corrected chi connectivity index (χ0v) is 14.3. The first-order chi connectivity index (χ1) is 11.0. The fourth-order valence-electron chi connectivity index (χ4n) is 3.12. The summed E-state index contributed by atoms with van der Waals surface area (Å²) in [4.78, 5) is 0. The second-order valence-electron chi connectivity index (χ2n) is 5.77. The Bertz CT molecular complexity index is 835. The van der Waals surface area contributed by atoms with E-state index in [9.17, 15) is 5.11 Å². The molecule has 23 heavy (non-hydrogen) atoms. The molecule has 0 saturated carbocycles. The Kier molecular flexibility index (Phi) is 4.33. The minimum atomic E-state index is -0.531. The van der Waals surface area contributed by atoms with Crippen molar-refractivity contribution >= 4 is 22.5 Å². The molecule has 1 N–H and O–H groups in total. The molecule has 0 bridgehead atoms. The minimum absolute atomic E-state index is 0.531. The number of benzene rings is 2. The number of methoxy groups -OCH3 is 1. The van der Waals surface area contributed by atoms with Crippen molar-refractivity contribution in [2.24, 2.45) is 0 Å². The maximum atomic E-state index is 10.2. The first-order valence-corrected chi connectivity index (χ1v) is 7.98. The summed E-state index contributed by atoms with van der Waals surface area (Å²) in [7, 11) is 1.65. The van der Waals surface area contributed by atoms with E-state index >= 15 is 0 Å². The van der Waals surface area contributed by atoms with Crippen LogP contribution in [0.15, 0.2) is 42.5 Å². The van der Waals surface area contributed by atoms with E-state index in [1.165, 1.54) is 5.56 Å². The van der Waals surface area contributed by atoms with Crippen LogP contribution in [0.4, 0.5) is 0 Å². The molecular formula is C19H20ClNO2. The molecule has 4 heteroatoms. The first kappa shape index (κ1) is 15.9. The first-order valence-electron chi connectivity index (χ1n) is 7.60. The van der Waals surface area contributed by atoms with Crippen molar-refractivity contribution in [3.63, 3.8) is 0 Å². The maximum Gasteiger partial charge on any atom is 0.119 e. The Morgan fingerprint density at radius 2 is 1.87 bits per heavy atom. The van der Waals surface area contributed by atoms with Crippen molar-refractivity contribution < 1.29 is 9.84 Å². The van der Waals surface area contributed by atoms with E-state index in [0.29, 0.717) is 0 Å². The largest absolute Gasteiger partial charge is 0.497 e. The van der Waals surface area contributed by atoms with E-state index < -0.39 is 6.10 Å². The van der Waals surface area contributed by atoms with Crippen LogP contribution in [0.25, 0.3) is 10.9 Å². The van der Waals surface area contributed by atoms with E-state index in [1.807, 2.05) is 49.4 Å². The summed E-state index contributed by atoms with van der Waals surface area (Å²) >= 11 is 5.97. The van der Waals surface area contributed by atoms with Gasteiger partial charge in [-0.05, 0) is 49.7 Å². The number of halogens is 1. The van der Waals surface area contributed by atoms with Gasteiger partial charge in [-0.25, -0.2) is 0 Å². The van der Waals surface area contributed by atoms with Gasteiger partial charge in [-0.3, -0.25) is 0 Å². The van der Waals surface area contributed by atoms with E-state index in [2.05, 4.69) is 4.57 Å². The Labute approximate surface area is 141 Å². The van der Waals surface area contributed by atoms with Crippen LogP contribution in [0.3, 0.4) is 0 Å². The molecule has 0 saturated heterocycles. The Morgan fingerprint density at radius 3 is 2.48 bits per heavy atom. The lowest BCUT2D eigenvalue weighted by Crippen LogP contribution is -2.03. The van der Waals surface area contributed by atoms with Crippen LogP contribution in [0.5, 0.6) is 5.75 Å². The average molecular weight is 330 g/mol. The van der Waals surface area contributed by atoms with Crippen molar-refractivity contribution in [2.45, 2.75) is 26.5 Å². The number of rotatable bonds is 4. The molecule has 0 aliphatic carbocycles. The van der Waals surface area contributed by atoms with E-state index in [0.717, 1.165) is 39.5 Å². The molecule has 120 valence electrons. The number of aromatic nitrogens is 1. The molecule has 1 atom stereocenters. The molecule has 3 nitrogen and oxygen atoms in total. The van der Waals surface area contributed by atoms with Gasteiger partial charge in [0.05, 0.1) is 13.2 Å². The molecular weight excluding hydrogens is 310 g/mol. The molecule has 1 unspecified atom stereocenters. The predicted octanol–water partition coefficient (Wildman–Crippen LogP) is 4.71. The summed E-state index contributed by atoms with van der Waals surface area (Å²) in [6.07, 6.45) is -0.531. The average Bonchev–Trinajstić information content (AvgIpc) is 2.81. The molecule has 0 aliphatic rings. The van der Waals surface area contributed by atoms with Crippen LogP contribution < -0.4 is 4.74 Å². The molecule has 0 spiro atoms. The Balaban J connectivity index is 2.16. The third kappa shape index (κ3) is 2.94. The number of hydrogen-bond acceptors (Lipinski definition) is 2. The highest BCUT2D eigenvalue weighted by Gasteiger charge is 2.18. The fraction of sp³-hybridized carbons (Fsp3) is 0.263. The Morgan fingerprint density at radius 1 is 1.17 bits per heavy atom. The van der Waals surface area contributed by atoms with Crippen LogP contribution in [0.2, 0.25) is 5.02 Å². The molecule has 1 aromatic heterocycles. The van der Waals surface area contributed by atoms with E-state index in [1.54, 1.807) is 14.0 Å². The lowest BCUT2D eigenvalue weighted by molar-refractivity contribution is 0.200. The van der Waals surface area contributed by atoms with Gasteiger partial charge in [-0.1, -0.05) is 23.7 Å². The van der Waals surface area contributed by atoms with Gasteiger partial charge in [-0.15, -0.1) is 0 Å². The van der Waals surface area contributed by atoms with Crippen molar-refractivity contribution in [2.75, 3.05) is 7.11 Å². The van der Waals surface area contributed by atoms with Crippen molar-refractivity contribution in [1.82, 2.24) is 4.57 Å². The fourth-order valence-corrected chi connectivity index (χ4v) is 3.24. The quantitative estimate of drug-likeness (QED) is 0.752. The second-order valence-corrected chi connectivity index (χ2v) is 6.21. The standard InChI is InChI=1S/C19H20ClNO2/c1-12-19(13(2)22)17-10-16(23-3)8-9-18(17)21(12)11-14-4-6-15(20)7-5-14/h4-10,13,22H,11H2,1-3H3. The van der Waals surface area contributed by atoms with Gasteiger partial charge in [-0.2, -0.15) is 0 Å². The summed E-state index contributed by atoms with van der Waals surface area (Å²) in [5.74, 6) is 0.794. The summed E-state index contributed by atoms with van der Waals surface area (Å²) in [6, 6.07) is 13.8. The third-order valence-electron chi connectivity index (χ3n) is 4.25. The number of fused-ring (bicyclic) bond motifs is 1. The monoisotopic (exact) mass is 329 g/mol. The van der Waals surface area contributed by atoms with Crippen LogP contribution in [0.1, 0.15) is 29.8 Å². The molecule has 0 amide bonds. The summed E-state index contributed by atoms with van der Waals surface area (Å²) in [5.41, 5.74) is 4.28. The van der Waals surface area contributed by atoms with Crippen LogP contribution >= 0.6 is 11.6 Å². The molecule has 1 heterocycles. The number of hydrogen-bond donors (Lipinski definition) is 1. The highest BCUT2D eigenvalue weighted by Crippen LogP contribution is 2.33. The van der Waals surface area contributed by atoms with Gasteiger partial charge in [0.1, 0.15) is 5.75 Å². The second kappa shape index (κ2) is 6.26. The van der Waals surface area contributed by atoms with Crippen molar-refractivity contribution in [3.8, 4) is 5.75 Å². The van der Waals surface area contributed by atoms with Gasteiger partial charge < -0.3 is 14.4 Å². The number of aliphatic hydroxyl groups is 1. The minimum Gasteiger partial charge on any atom is -0.497 e. The molecule has 3 aromatic rings.